The smallest absolute Gasteiger partial charge is 0.220 e. The van der Waals surface area contributed by atoms with E-state index in [4.69, 9.17) is 1.37 Å². The molecule has 0 aliphatic heterocycles. The minimum atomic E-state index is 0.570. The summed E-state index contributed by atoms with van der Waals surface area (Å²) in [6.07, 6.45) is 3.65. The van der Waals surface area contributed by atoms with Gasteiger partial charge in [-0.2, -0.15) is 4.57 Å². The van der Waals surface area contributed by atoms with Crippen molar-refractivity contribution in [2.24, 2.45) is 7.05 Å². The fourth-order valence-electron chi connectivity index (χ4n) is 4.13. The van der Waals surface area contributed by atoms with E-state index >= 15 is 0 Å². The molecule has 29 heavy (non-hydrogen) atoms. The van der Waals surface area contributed by atoms with Crippen LogP contribution in [0.25, 0.3) is 43.9 Å². The molecule has 0 bridgehead atoms. The molecular weight excluding hydrogens is 352 g/mol. The van der Waals surface area contributed by atoms with E-state index in [0.717, 1.165) is 33.3 Å². The summed E-state index contributed by atoms with van der Waals surface area (Å²) in [6, 6.07) is 24.0. The number of aryl methyl sites for hydroxylation is 1. The van der Waals surface area contributed by atoms with Crippen LogP contribution in [0.4, 0.5) is 0 Å². The van der Waals surface area contributed by atoms with Gasteiger partial charge >= 0.3 is 0 Å². The predicted molar refractivity (Wildman–Crippen MR) is 121 cm³/mol. The van der Waals surface area contributed by atoms with Gasteiger partial charge in [0, 0.05) is 30.9 Å². The molecule has 5 aromatic rings. The van der Waals surface area contributed by atoms with Crippen LogP contribution < -0.4 is 4.57 Å². The third-order valence-corrected chi connectivity index (χ3v) is 5.77. The standard InChI is InChI=1S/C27H23N2/c1-18-13-20-7-4-5-8-21(20)16-26(18)27-25-11-10-22(23-9-6-12-28-17-23)15-24(25)14-19(2)29(27)3/h4-17H,1-3H3/q+1/i14D. The Morgan fingerprint density at radius 2 is 1.62 bits per heavy atom. The fraction of sp³-hybridized carbons (Fsp3) is 0.111. The monoisotopic (exact) mass is 376 g/mol. The third-order valence-electron chi connectivity index (χ3n) is 5.77. The van der Waals surface area contributed by atoms with Crippen LogP contribution in [0.5, 0.6) is 0 Å². The molecule has 2 heteroatoms. The zero-order chi connectivity index (χ0) is 20.8. The average Bonchev–Trinajstić information content (AvgIpc) is 2.78. The van der Waals surface area contributed by atoms with Crippen molar-refractivity contribution in [1.82, 2.24) is 4.98 Å². The first-order valence-corrected chi connectivity index (χ1v) is 9.87. The maximum atomic E-state index is 8.80. The number of hydrogen-bond acceptors (Lipinski definition) is 1. The first-order chi connectivity index (χ1) is 14.5. The van der Waals surface area contributed by atoms with Gasteiger partial charge in [-0.05, 0) is 58.5 Å². The largest absolute Gasteiger partial charge is 0.264 e. The van der Waals surface area contributed by atoms with E-state index in [9.17, 15) is 0 Å². The molecule has 5 rings (SSSR count). The number of benzene rings is 3. The van der Waals surface area contributed by atoms with Crippen LogP contribution in [0.2, 0.25) is 0 Å². The van der Waals surface area contributed by atoms with Crippen LogP contribution in [0.3, 0.4) is 0 Å². The van der Waals surface area contributed by atoms with Crippen molar-refractivity contribution in [2.45, 2.75) is 13.8 Å². The number of rotatable bonds is 2. The van der Waals surface area contributed by atoms with E-state index in [1.54, 1.807) is 6.20 Å². The van der Waals surface area contributed by atoms with E-state index in [0.29, 0.717) is 6.04 Å². The second kappa shape index (κ2) is 6.82. The van der Waals surface area contributed by atoms with Crippen LogP contribution >= 0.6 is 0 Å². The summed E-state index contributed by atoms with van der Waals surface area (Å²) in [5.41, 5.74) is 6.69. The fourth-order valence-corrected chi connectivity index (χ4v) is 4.13. The Labute approximate surface area is 172 Å². The minimum absolute atomic E-state index is 0.570. The van der Waals surface area contributed by atoms with Gasteiger partial charge in [-0.3, -0.25) is 4.98 Å². The summed E-state index contributed by atoms with van der Waals surface area (Å²) in [5, 5.41) is 4.54. The van der Waals surface area contributed by atoms with Crippen molar-refractivity contribution in [2.75, 3.05) is 0 Å². The maximum absolute atomic E-state index is 8.80. The molecule has 0 saturated heterocycles. The second-order valence-electron chi connectivity index (χ2n) is 7.63. The van der Waals surface area contributed by atoms with Crippen molar-refractivity contribution in [3.63, 3.8) is 0 Å². The summed E-state index contributed by atoms with van der Waals surface area (Å²) >= 11 is 0. The van der Waals surface area contributed by atoms with Crippen molar-refractivity contribution >= 4 is 21.5 Å². The summed E-state index contributed by atoms with van der Waals surface area (Å²) in [7, 11) is 2.06. The first kappa shape index (κ1) is 16.4. The summed E-state index contributed by atoms with van der Waals surface area (Å²) in [5.74, 6) is 0. The van der Waals surface area contributed by atoms with Gasteiger partial charge in [0.25, 0.3) is 0 Å². The first-order valence-electron chi connectivity index (χ1n) is 10.4. The average molecular weight is 377 g/mol. The van der Waals surface area contributed by atoms with Gasteiger partial charge < -0.3 is 0 Å². The second-order valence-corrected chi connectivity index (χ2v) is 7.63. The highest BCUT2D eigenvalue weighted by Crippen LogP contribution is 2.33. The van der Waals surface area contributed by atoms with Crippen molar-refractivity contribution in [3.8, 4) is 22.4 Å². The summed E-state index contributed by atoms with van der Waals surface area (Å²) < 4.78 is 11.0. The molecule has 0 radical (unpaired) electrons. The number of aromatic nitrogens is 2. The molecule has 0 unspecified atom stereocenters. The van der Waals surface area contributed by atoms with Gasteiger partial charge in [-0.25, -0.2) is 0 Å². The zero-order valence-corrected chi connectivity index (χ0v) is 16.9. The third kappa shape index (κ3) is 2.98. The molecule has 2 nitrogen and oxygen atoms in total. The molecule has 0 aliphatic rings. The van der Waals surface area contributed by atoms with Gasteiger partial charge in [0.05, 0.1) is 12.3 Å². The van der Waals surface area contributed by atoms with E-state index in [2.05, 4.69) is 84.2 Å². The minimum Gasteiger partial charge on any atom is -0.264 e. The van der Waals surface area contributed by atoms with Gasteiger partial charge in [0.2, 0.25) is 5.69 Å². The highest BCUT2D eigenvalue weighted by molar-refractivity contribution is 5.98. The maximum Gasteiger partial charge on any atom is 0.220 e. The molecule has 2 aromatic heterocycles. The summed E-state index contributed by atoms with van der Waals surface area (Å²) in [4.78, 5) is 4.25. The lowest BCUT2D eigenvalue weighted by molar-refractivity contribution is -0.665. The molecule has 0 amide bonds. The van der Waals surface area contributed by atoms with Crippen LogP contribution in [0, 0.1) is 13.8 Å². The van der Waals surface area contributed by atoms with Crippen LogP contribution in [0.1, 0.15) is 12.6 Å². The quantitative estimate of drug-likeness (QED) is 0.337. The van der Waals surface area contributed by atoms with Crippen molar-refractivity contribution in [1.29, 1.82) is 0 Å². The van der Waals surface area contributed by atoms with Gasteiger partial charge in [-0.1, -0.05) is 42.5 Å². The topological polar surface area (TPSA) is 16.8 Å². The molecule has 0 spiro atoms. The lowest BCUT2D eigenvalue weighted by Gasteiger charge is -2.12. The van der Waals surface area contributed by atoms with Crippen molar-refractivity contribution in [3.05, 3.63) is 96.4 Å². The summed E-state index contributed by atoms with van der Waals surface area (Å²) in [6.45, 7) is 4.19. The van der Waals surface area contributed by atoms with Gasteiger partial charge in [0.1, 0.15) is 7.05 Å². The van der Waals surface area contributed by atoms with Crippen LogP contribution in [0.15, 0.2) is 85.2 Å². The van der Waals surface area contributed by atoms with Gasteiger partial charge in [0.15, 0.2) is 5.69 Å². The number of pyridine rings is 2. The van der Waals surface area contributed by atoms with E-state index < -0.39 is 0 Å². The SMILES string of the molecule is [2H]c1c(C)[n+](C)c(-c2cc3ccccc3cc2C)c2ccc(-c3cccnc3)cc12. The zero-order valence-electron chi connectivity index (χ0n) is 17.9. The Morgan fingerprint density at radius 3 is 2.38 bits per heavy atom. The Bertz CT molecular complexity index is 1420. The van der Waals surface area contributed by atoms with E-state index in [1.165, 1.54) is 21.9 Å². The number of hydrogen-bond donors (Lipinski definition) is 0. The molecule has 0 atom stereocenters. The molecule has 0 fully saturated rings. The van der Waals surface area contributed by atoms with E-state index in [-0.39, 0.29) is 0 Å². The Balaban J connectivity index is 1.84. The lowest BCUT2D eigenvalue weighted by atomic mass is 9.94. The molecule has 2 heterocycles. The molecule has 3 aromatic carbocycles. The van der Waals surface area contributed by atoms with Gasteiger partial charge in [-0.15, -0.1) is 0 Å². The molecule has 140 valence electrons. The lowest BCUT2D eigenvalue weighted by Crippen LogP contribution is -2.35. The molecule has 0 aliphatic carbocycles. The highest BCUT2D eigenvalue weighted by Gasteiger charge is 2.20. The Hall–Kier alpha value is -3.52. The van der Waals surface area contributed by atoms with Crippen LogP contribution in [-0.2, 0) is 7.05 Å². The van der Waals surface area contributed by atoms with Crippen LogP contribution in [-0.4, -0.2) is 4.98 Å². The molecule has 0 saturated carbocycles. The Morgan fingerprint density at radius 1 is 0.828 bits per heavy atom. The number of nitrogens with zero attached hydrogens (tertiary/aromatic N) is 2. The predicted octanol–water partition coefficient (Wildman–Crippen LogP) is 6.16. The van der Waals surface area contributed by atoms with Crippen molar-refractivity contribution < 1.29 is 5.94 Å². The normalized spacial score (nSPS) is 11.8. The molecule has 0 N–H and O–H groups in total. The van der Waals surface area contributed by atoms with E-state index in [1.807, 2.05) is 19.2 Å². The molecular formula is C27H23N2+. The number of fused-ring (bicyclic) bond motifs is 2. The Kier molecular flexibility index (Phi) is 3.87. The highest BCUT2D eigenvalue weighted by atomic mass is 14.9.